The number of carbonyl (C=O) groups is 2. The van der Waals surface area contributed by atoms with Crippen molar-refractivity contribution in [1.29, 1.82) is 0 Å². The van der Waals surface area contributed by atoms with E-state index in [9.17, 15) is 18.0 Å². The molecule has 9 nitrogen and oxygen atoms in total. The maximum atomic E-state index is 14.0. The van der Waals surface area contributed by atoms with Crippen LogP contribution in [-0.4, -0.2) is 57.5 Å². The number of benzene rings is 3. The van der Waals surface area contributed by atoms with Gasteiger partial charge in [0.15, 0.2) is 0 Å². The lowest BCUT2D eigenvalue weighted by Gasteiger charge is -2.32. The zero-order valence-corrected chi connectivity index (χ0v) is 24.4. The van der Waals surface area contributed by atoms with Gasteiger partial charge in [-0.2, -0.15) is 0 Å². The summed E-state index contributed by atoms with van der Waals surface area (Å²) in [4.78, 5) is 28.4. The Hall–Kier alpha value is -4.05. The number of nitrogens with one attached hydrogen (secondary N) is 1. The summed E-state index contributed by atoms with van der Waals surface area (Å²) in [6.45, 7) is 6.93. The Morgan fingerprint density at radius 3 is 2.12 bits per heavy atom. The van der Waals surface area contributed by atoms with Crippen LogP contribution >= 0.6 is 0 Å². The highest BCUT2D eigenvalue weighted by Crippen LogP contribution is 2.33. The number of hydrogen-bond acceptors (Lipinski definition) is 6. The number of rotatable bonds is 13. The van der Waals surface area contributed by atoms with E-state index in [0.717, 1.165) is 9.87 Å². The Balaban J connectivity index is 2.06. The number of nitrogens with zero attached hydrogens (tertiary/aromatic N) is 2. The Bertz CT molecular complexity index is 1380. The maximum absolute atomic E-state index is 14.0. The summed E-state index contributed by atoms with van der Waals surface area (Å²) in [7, 11) is -2.62. The van der Waals surface area contributed by atoms with Crippen molar-refractivity contribution in [2.75, 3.05) is 24.6 Å². The van der Waals surface area contributed by atoms with Crippen LogP contribution in [0.1, 0.15) is 33.3 Å². The summed E-state index contributed by atoms with van der Waals surface area (Å²) < 4.78 is 39.9. The molecule has 0 fully saturated rings. The lowest BCUT2D eigenvalue weighted by Crippen LogP contribution is -2.52. The predicted molar refractivity (Wildman–Crippen MR) is 155 cm³/mol. The van der Waals surface area contributed by atoms with Crippen molar-refractivity contribution in [3.63, 3.8) is 0 Å². The van der Waals surface area contributed by atoms with Gasteiger partial charge in [-0.25, -0.2) is 8.42 Å². The SMILES string of the molecule is CCOc1ccccc1N(CC(=O)N(Cc1ccc(OC)cc1)[C@H](C)C(=O)NC(C)C)S(=O)(=O)c1ccccc1. The van der Waals surface area contributed by atoms with Crippen LogP contribution in [0.2, 0.25) is 0 Å². The molecule has 0 bridgehead atoms. The first kappa shape index (κ1) is 30.5. The van der Waals surface area contributed by atoms with Crippen LogP contribution in [-0.2, 0) is 26.2 Å². The summed E-state index contributed by atoms with van der Waals surface area (Å²) >= 11 is 0. The lowest BCUT2D eigenvalue weighted by atomic mass is 10.1. The molecule has 40 heavy (non-hydrogen) atoms. The third kappa shape index (κ3) is 7.53. The minimum absolute atomic E-state index is 0.0291. The van der Waals surface area contributed by atoms with Crippen molar-refractivity contribution in [2.24, 2.45) is 0 Å². The number of ether oxygens (including phenoxy) is 2. The van der Waals surface area contributed by atoms with E-state index in [0.29, 0.717) is 18.1 Å². The van der Waals surface area contributed by atoms with Gasteiger partial charge in [-0.1, -0.05) is 42.5 Å². The Kier molecular flexibility index (Phi) is 10.6. The van der Waals surface area contributed by atoms with E-state index in [4.69, 9.17) is 9.47 Å². The van der Waals surface area contributed by atoms with Crippen molar-refractivity contribution < 1.29 is 27.5 Å². The van der Waals surface area contributed by atoms with Gasteiger partial charge in [-0.15, -0.1) is 0 Å². The second kappa shape index (κ2) is 13.8. The highest BCUT2D eigenvalue weighted by Gasteiger charge is 2.33. The molecule has 0 spiro atoms. The van der Waals surface area contributed by atoms with Gasteiger partial charge in [0.25, 0.3) is 10.0 Å². The minimum Gasteiger partial charge on any atom is -0.497 e. The highest BCUT2D eigenvalue weighted by molar-refractivity contribution is 7.92. The van der Waals surface area contributed by atoms with Crippen LogP contribution in [0.5, 0.6) is 11.5 Å². The van der Waals surface area contributed by atoms with Gasteiger partial charge in [0.2, 0.25) is 11.8 Å². The highest BCUT2D eigenvalue weighted by atomic mass is 32.2. The third-order valence-electron chi connectivity index (χ3n) is 6.15. The van der Waals surface area contributed by atoms with Crippen LogP contribution < -0.4 is 19.1 Å². The fraction of sp³-hybridized carbons (Fsp3) is 0.333. The van der Waals surface area contributed by atoms with Gasteiger partial charge in [-0.05, 0) is 69.7 Å². The van der Waals surface area contributed by atoms with Gasteiger partial charge in [-0.3, -0.25) is 13.9 Å². The van der Waals surface area contributed by atoms with E-state index in [-0.39, 0.29) is 29.1 Å². The molecule has 0 heterocycles. The largest absolute Gasteiger partial charge is 0.497 e. The molecule has 0 aliphatic rings. The zero-order valence-electron chi connectivity index (χ0n) is 23.5. The summed E-state index contributed by atoms with van der Waals surface area (Å²) in [5.74, 6) is 0.0848. The topological polar surface area (TPSA) is 105 Å². The second-order valence-corrected chi connectivity index (χ2v) is 11.3. The molecule has 0 aromatic heterocycles. The Morgan fingerprint density at radius 2 is 1.52 bits per heavy atom. The third-order valence-corrected chi connectivity index (χ3v) is 7.93. The van der Waals surface area contributed by atoms with Crippen molar-refractivity contribution in [3.8, 4) is 11.5 Å². The molecule has 1 atom stereocenters. The molecule has 0 radical (unpaired) electrons. The monoisotopic (exact) mass is 567 g/mol. The first-order valence-electron chi connectivity index (χ1n) is 13.1. The first-order chi connectivity index (χ1) is 19.1. The maximum Gasteiger partial charge on any atom is 0.264 e. The molecule has 3 aromatic carbocycles. The number of para-hydroxylation sites is 2. The molecule has 3 rings (SSSR count). The smallest absolute Gasteiger partial charge is 0.264 e. The Labute approximate surface area is 236 Å². The van der Waals surface area contributed by atoms with Crippen LogP contribution in [0.4, 0.5) is 5.69 Å². The number of amides is 2. The van der Waals surface area contributed by atoms with Crippen molar-refractivity contribution in [2.45, 2.75) is 51.2 Å². The summed E-state index contributed by atoms with van der Waals surface area (Å²) in [5, 5.41) is 2.84. The summed E-state index contributed by atoms with van der Waals surface area (Å²) in [6, 6.07) is 20.7. The minimum atomic E-state index is -4.18. The van der Waals surface area contributed by atoms with E-state index in [1.165, 1.54) is 17.0 Å². The van der Waals surface area contributed by atoms with E-state index >= 15 is 0 Å². The van der Waals surface area contributed by atoms with Crippen molar-refractivity contribution >= 4 is 27.5 Å². The fourth-order valence-electron chi connectivity index (χ4n) is 4.09. The molecule has 2 amide bonds. The van der Waals surface area contributed by atoms with Gasteiger partial charge in [0.1, 0.15) is 24.1 Å². The zero-order chi connectivity index (χ0) is 29.3. The predicted octanol–water partition coefficient (Wildman–Crippen LogP) is 4.23. The summed E-state index contributed by atoms with van der Waals surface area (Å²) in [6.07, 6.45) is 0. The average molecular weight is 568 g/mol. The average Bonchev–Trinajstić information content (AvgIpc) is 2.95. The second-order valence-electron chi connectivity index (χ2n) is 9.43. The van der Waals surface area contributed by atoms with Crippen LogP contribution in [0.3, 0.4) is 0 Å². The molecule has 0 aliphatic carbocycles. The molecule has 0 saturated carbocycles. The van der Waals surface area contributed by atoms with E-state index in [2.05, 4.69) is 5.32 Å². The van der Waals surface area contributed by atoms with Gasteiger partial charge in [0.05, 0.1) is 24.3 Å². The van der Waals surface area contributed by atoms with Crippen LogP contribution in [0, 0.1) is 0 Å². The number of sulfonamides is 1. The van der Waals surface area contributed by atoms with Crippen molar-refractivity contribution in [1.82, 2.24) is 10.2 Å². The van der Waals surface area contributed by atoms with Crippen LogP contribution in [0.25, 0.3) is 0 Å². The van der Waals surface area contributed by atoms with Gasteiger partial charge < -0.3 is 19.7 Å². The fourth-order valence-corrected chi connectivity index (χ4v) is 5.53. The number of anilines is 1. The van der Waals surface area contributed by atoms with E-state index < -0.39 is 28.5 Å². The molecule has 0 unspecified atom stereocenters. The molecular formula is C30H37N3O6S. The van der Waals surface area contributed by atoms with Gasteiger partial charge in [0, 0.05) is 12.6 Å². The molecule has 3 aromatic rings. The van der Waals surface area contributed by atoms with Gasteiger partial charge >= 0.3 is 0 Å². The van der Waals surface area contributed by atoms with Crippen molar-refractivity contribution in [3.05, 3.63) is 84.4 Å². The number of carbonyl (C=O) groups excluding carboxylic acids is 2. The molecule has 0 aliphatic heterocycles. The standard InChI is InChI=1S/C30H37N3O6S/c1-6-39-28-15-11-10-14-27(28)33(40(36,37)26-12-8-7-9-13-26)21-29(34)32(23(4)30(35)31-22(2)3)20-24-16-18-25(38-5)19-17-24/h7-19,22-23H,6,20-21H2,1-5H3,(H,31,35)/t23-/m1/s1. The molecule has 0 saturated heterocycles. The molecule has 1 N–H and O–H groups in total. The Morgan fingerprint density at radius 1 is 0.900 bits per heavy atom. The lowest BCUT2D eigenvalue weighted by molar-refractivity contribution is -0.139. The molecule has 214 valence electrons. The molecular weight excluding hydrogens is 530 g/mol. The quantitative estimate of drug-likeness (QED) is 0.332. The van der Waals surface area contributed by atoms with E-state index in [1.54, 1.807) is 87.7 Å². The first-order valence-corrected chi connectivity index (χ1v) is 14.5. The molecule has 10 heteroatoms. The summed E-state index contributed by atoms with van der Waals surface area (Å²) in [5.41, 5.74) is 0.982. The number of hydrogen-bond donors (Lipinski definition) is 1. The van der Waals surface area contributed by atoms with Crippen LogP contribution in [0.15, 0.2) is 83.8 Å². The van der Waals surface area contributed by atoms with E-state index in [1.807, 2.05) is 13.8 Å². The number of methoxy groups -OCH3 is 1. The normalized spacial score (nSPS) is 11.9.